The lowest BCUT2D eigenvalue weighted by atomic mass is 10.1. The Labute approximate surface area is 105 Å². The Bertz CT molecular complexity index is 550. The molecule has 2 aromatic rings. The van der Waals surface area contributed by atoms with Gasteiger partial charge in [0.05, 0.1) is 5.56 Å². The average Bonchev–Trinajstić information content (AvgIpc) is 2.38. The molecule has 0 aliphatic rings. The number of hydrogen-bond acceptors (Lipinski definition) is 2. The van der Waals surface area contributed by atoms with Gasteiger partial charge in [-0.25, -0.2) is 4.39 Å². The largest absolute Gasteiger partial charge is 0.485 e. The Morgan fingerprint density at radius 1 is 1.11 bits per heavy atom. The van der Waals surface area contributed by atoms with Crippen LogP contribution in [0.4, 0.5) is 4.39 Å². The van der Waals surface area contributed by atoms with Crippen LogP contribution < -0.4 is 4.74 Å². The molecular formula is C15H13FO2. The fourth-order valence-electron chi connectivity index (χ4n) is 1.66. The molecule has 18 heavy (non-hydrogen) atoms. The zero-order chi connectivity index (χ0) is 13.0. The van der Waals surface area contributed by atoms with Gasteiger partial charge in [-0.3, -0.25) is 4.79 Å². The maximum atomic E-state index is 13.6. The van der Waals surface area contributed by atoms with Gasteiger partial charge in [-0.05, 0) is 24.6 Å². The lowest BCUT2D eigenvalue weighted by molar-refractivity contribution is 0.101. The number of Topliss-reactive ketones (excluding diaryl/α,β-unsaturated/α-hetero) is 1. The molecule has 0 atom stereocenters. The van der Waals surface area contributed by atoms with Crippen molar-refractivity contribution in [2.45, 2.75) is 13.5 Å². The topological polar surface area (TPSA) is 26.3 Å². The van der Waals surface area contributed by atoms with Crippen molar-refractivity contribution in [1.82, 2.24) is 0 Å². The highest BCUT2D eigenvalue weighted by molar-refractivity contribution is 5.96. The summed E-state index contributed by atoms with van der Waals surface area (Å²) in [4.78, 5) is 11.4. The SMILES string of the molecule is CC(=O)c1cccc(F)c1OCc1ccccc1. The molecule has 0 bridgehead atoms. The quantitative estimate of drug-likeness (QED) is 0.768. The van der Waals surface area contributed by atoms with Crippen LogP contribution in [0.15, 0.2) is 48.5 Å². The highest BCUT2D eigenvalue weighted by Crippen LogP contribution is 2.24. The third-order valence-electron chi connectivity index (χ3n) is 2.57. The highest BCUT2D eigenvalue weighted by atomic mass is 19.1. The van der Waals surface area contributed by atoms with Crippen molar-refractivity contribution in [3.8, 4) is 5.75 Å². The van der Waals surface area contributed by atoms with Gasteiger partial charge in [0.2, 0.25) is 0 Å². The van der Waals surface area contributed by atoms with Gasteiger partial charge in [0, 0.05) is 0 Å². The summed E-state index contributed by atoms with van der Waals surface area (Å²) in [6.07, 6.45) is 0. The van der Waals surface area contributed by atoms with Crippen molar-refractivity contribution in [2.75, 3.05) is 0 Å². The summed E-state index contributed by atoms with van der Waals surface area (Å²) >= 11 is 0. The predicted octanol–water partition coefficient (Wildman–Crippen LogP) is 3.61. The molecule has 3 heteroatoms. The summed E-state index contributed by atoms with van der Waals surface area (Å²) in [5.74, 6) is -0.704. The minimum Gasteiger partial charge on any atom is -0.485 e. The Hall–Kier alpha value is -2.16. The summed E-state index contributed by atoms with van der Waals surface area (Å²) in [5.41, 5.74) is 1.20. The van der Waals surface area contributed by atoms with Crippen LogP contribution in [-0.4, -0.2) is 5.78 Å². The van der Waals surface area contributed by atoms with Gasteiger partial charge >= 0.3 is 0 Å². The average molecular weight is 244 g/mol. The molecule has 0 aliphatic carbocycles. The predicted molar refractivity (Wildman–Crippen MR) is 67.2 cm³/mol. The minimum absolute atomic E-state index is 0.0221. The number of carbonyl (C=O) groups is 1. The minimum atomic E-state index is -0.515. The zero-order valence-corrected chi connectivity index (χ0v) is 10.0. The first-order chi connectivity index (χ1) is 8.68. The molecule has 0 N–H and O–H groups in total. The van der Waals surface area contributed by atoms with Crippen LogP contribution in [0.3, 0.4) is 0 Å². The number of para-hydroxylation sites is 1. The van der Waals surface area contributed by atoms with E-state index in [2.05, 4.69) is 0 Å². The second-order valence-electron chi connectivity index (χ2n) is 3.95. The van der Waals surface area contributed by atoms with Crippen LogP contribution in [-0.2, 0) is 6.61 Å². The van der Waals surface area contributed by atoms with E-state index in [0.29, 0.717) is 0 Å². The molecule has 2 rings (SSSR count). The summed E-state index contributed by atoms with van der Waals surface area (Å²) in [7, 11) is 0. The van der Waals surface area contributed by atoms with Crippen molar-refractivity contribution < 1.29 is 13.9 Å². The highest BCUT2D eigenvalue weighted by Gasteiger charge is 2.13. The van der Waals surface area contributed by atoms with Gasteiger partial charge in [-0.2, -0.15) is 0 Å². The van der Waals surface area contributed by atoms with E-state index in [4.69, 9.17) is 4.74 Å². The Morgan fingerprint density at radius 2 is 1.83 bits per heavy atom. The van der Waals surface area contributed by atoms with E-state index in [1.54, 1.807) is 6.07 Å². The Balaban J connectivity index is 2.21. The number of benzene rings is 2. The molecule has 0 saturated heterocycles. The summed E-state index contributed by atoms with van der Waals surface area (Å²) in [6, 6.07) is 13.8. The Morgan fingerprint density at radius 3 is 2.50 bits per heavy atom. The third-order valence-corrected chi connectivity index (χ3v) is 2.57. The molecule has 0 amide bonds. The van der Waals surface area contributed by atoms with Gasteiger partial charge in [0.15, 0.2) is 17.3 Å². The van der Waals surface area contributed by atoms with E-state index in [0.717, 1.165) is 5.56 Å². The number of halogens is 1. The van der Waals surface area contributed by atoms with E-state index in [1.165, 1.54) is 19.1 Å². The standard InChI is InChI=1S/C15H13FO2/c1-11(17)13-8-5-9-14(16)15(13)18-10-12-6-3-2-4-7-12/h2-9H,10H2,1H3. The molecule has 0 spiro atoms. The first kappa shape index (κ1) is 12.3. The summed E-state index contributed by atoms with van der Waals surface area (Å²) in [6.45, 7) is 1.63. The van der Waals surface area contributed by atoms with Gasteiger partial charge in [-0.1, -0.05) is 36.4 Å². The first-order valence-corrected chi connectivity index (χ1v) is 5.64. The maximum Gasteiger partial charge on any atom is 0.166 e. The fraction of sp³-hybridized carbons (Fsp3) is 0.133. The first-order valence-electron chi connectivity index (χ1n) is 5.64. The summed E-state index contributed by atoms with van der Waals surface area (Å²) < 4.78 is 19.1. The maximum absolute atomic E-state index is 13.6. The van der Waals surface area contributed by atoms with Gasteiger partial charge in [0.25, 0.3) is 0 Å². The van der Waals surface area contributed by atoms with Crippen LogP contribution in [0, 0.1) is 5.82 Å². The smallest absolute Gasteiger partial charge is 0.166 e. The molecule has 0 aromatic heterocycles. The van der Waals surface area contributed by atoms with Gasteiger partial charge < -0.3 is 4.74 Å². The summed E-state index contributed by atoms with van der Waals surface area (Å²) in [5, 5.41) is 0. The number of carbonyl (C=O) groups excluding carboxylic acids is 1. The molecule has 0 fully saturated rings. The second kappa shape index (κ2) is 5.45. The monoisotopic (exact) mass is 244 g/mol. The Kier molecular flexibility index (Phi) is 3.72. The van der Waals surface area contributed by atoms with E-state index in [9.17, 15) is 9.18 Å². The van der Waals surface area contributed by atoms with Crippen LogP contribution in [0.5, 0.6) is 5.75 Å². The van der Waals surface area contributed by atoms with Gasteiger partial charge in [0.1, 0.15) is 6.61 Å². The van der Waals surface area contributed by atoms with Crippen LogP contribution in [0.2, 0.25) is 0 Å². The van der Waals surface area contributed by atoms with E-state index in [1.807, 2.05) is 30.3 Å². The van der Waals surface area contributed by atoms with Crippen molar-refractivity contribution >= 4 is 5.78 Å². The number of ketones is 1. The van der Waals surface area contributed by atoms with Crippen molar-refractivity contribution in [2.24, 2.45) is 0 Å². The molecule has 0 radical (unpaired) electrons. The zero-order valence-electron chi connectivity index (χ0n) is 10.0. The van der Waals surface area contributed by atoms with E-state index in [-0.39, 0.29) is 23.7 Å². The van der Waals surface area contributed by atoms with Crippen LogP contribution >= 0.6 is 0 Å². The van der Waals surface area contributed by atoms with Crippen LogP contribution in [0.1, 0.15) is 22.8 Å². The number of ether oxygens (including phenoxy) is 1. The van der Waals surface area contributed by atoms with E-state index >= 15 is 0 Å². The molecule has 0 heterocycles. The molecule has 0 unspecified atom stereocenters. The molecule has 2 nitrogen and oxygen atoms in total. The second-order valence-corrected chi connectivity index (χ2v) is 3.95. The molecule has 92 valence electrons. The molecule has 0 aliphatic heterocycles. The number of hydrogen-bond donors (Lipinski definition) is 0. The van der Waals surface area contributed by atoms with Gasteiger partial charge in [-0.15, -0.1) is 0 Å². The molecular weight excluding hydrogens is 231 g/mol. The molecule has 0 saturated carbocycles. The lowest BCUT2D eigenvalue weighted by Gasteiger charge is -2.10. The third kappa shape index (κ3) is 2.74. The van der Waals surface area contributed by atoms with Crippen molar-refractivity contribution in [3.63, 3.8) is 0 Å². The van der Waals surface area contributed by atoms with Crippen molar-refractivity contribution in [3.05, 3.63) is 65.5 Å². The van der Waals surface area contributed by atoms with E-state index < -0.39 is 5.82 Å². The number of rotatable bonds is 4. The lowest BCUT2D eigenvalue weighted by Crippen LogP contribution is -2.03. The fourth-order valence-corrected chi connectivity index (χ4v) is 1.66. The van der Waals surface area contributed by atoms with Crippen molar-refractivity contribution in [1.29, 1.82) is 0 Å². The van der Waals surface area contributed by atoms with Crippen LogP contribution in [0.25, 0.3) is 0 Å². The normalized spacial score (nSPS) is 10.1. The molecule has 2 aromatic carbocycles.